The van der Waals surface area contributed by atoms with E-state index < -0.39 is 0 Å². The third-order valence-corrected chi connectivity index (χ3v) is 11.3. The Morgan fingerprint density at radius 2 is 1.54 bits per heavy atom. The van der Waals surface area contributed by atoms with Gasteiger partial charge >= 0.3 is 11.9 Å². The number of aromatic nitrogens is 3. The molecule has 1 N–H and O–H groups in total. The molecule has 3 aliphatic rings. The van der Waals surface area contributed by atoms with Gasteiger partial charge in [-0.25, -0.2) is 14.8 Å². The summed E-state index contributed by atoms with van der Waals surface area (Å²) in [6.45, 7) is 13.5. The number of aliphatic imine (C=N–C) groups is 1. The number of para-hydroxylation sites is 3. The third-order valence-electron chi connectivity index (χ3n) is 10.8. The number of hydrogen-bond donors (Lipinski definition) is 1. The van der Waals surface area contributed by atoms with Gasteiger partial charge < -0.3 is 29.5 Å². The van der Waals surface area contributed by atoms with Gasteiger partial charge in [0.05, 0.1) is 47.4 Å². The summed E-state index contributed by atoms with van der Waals surface area (Å²) in [5, 5.41) is 4.77. The van der Waals surface area contributed by atoms with E-state index >= 15 is 0 Å². The zero-order valence-electron chi connectivity index (χ0n) is 36.5. The molecule has 2 saturated heterocycles. The zero-order chi connectivity index (χ0) is 44.7. The van der Waals surface area contributed by atoms with Crippen molar-refractivity contribution in [3.63, 3.8) is 0 Å². The number of esters is 2. The highest BCUT2D eigenvalue weighted by atomic mass is 35.5. The number of ether oxygens (including phenoxy) is 2. The van der Waals surface area contributed by atoms with Gasteiger partial charge in [0.1, 0.15) is 15.9 Å². The Bertz CT molecular complexity index is 2540. The van der Waals surface area contributed by atoms with Crippen LogP contribution in [0.2, 0.25) is 10.3 Å². The van der Waals surface area contributed by atoms with Crippen LogP contribution < -0.4 is 10.2 Å². The van der Waals surface area contributed by atoms with E-state index in [4.69, 9.17) is 37.7 Å². The Morgan fingerprint density at radius 3 is 2.32 bits per heavy atom. The Morgan fingerprint density at radius 1 is 0.778 bits per heavy atom. The molecule has 3 aliphatic heterocycles. The lowest BCUT2D eigenvalue weighted by molar-refractivity contribution is -0.141. The number of carbonyl (C=O) groups is 3. The number of fused-ring (bicyclic) bond motifs is 6. The van der Waals surface area contributed by atoms with Crippen molar-refractivity contribution in [1.29, 1.82) is 0 Å². The number of anilines is 1. The maximum absolute atomic E-state index is 12.7. The number of nitrogens with one attached hydrogen (secondary N) is 1. The molecule has 0 bridgehead atoms. The Balaban J connectivity index is 0.000000165. The average Bonchev–Trinajstić information content (AvgIpc) is 3.69. The lowest BCUT2D eigenvalue weighted by atomic mass is 10.1. The average molecular weight is 896 g/mol. The zero-order valence-corrected chi connectivity index (χ0v) is 38.0. The molecule has 0 saturated carbocycles. The standard InChI is InChI=1S/C24H26N4O2.C12H13NO2.C6H3Cl2NO.C6H14N2/c1-3-30-24(29)19-15-17-9-10-18(27-12-6-11-26(2)13-14-27)16-22(17)28-21-8-5-4-7-20(21)25-23(19)28;1-2-15-12(14)8-10-7-9-5-3-4-6-11(9)13-10;7-5-2-1-4(3-10)6(8)9-5;1-8-5-2-3-7-4-6-8/h4-5,7-10,15-16H,3,6,11-14H2,1-2H3;3-6H,2,7-8H2,1H3;1-3H;7H,2-6H2,1H3. The van der Waals surface area contributed by atoms with Crippen molar-refractivity contribution >= 4 is 86.1 Å². The van der Waals surface area contributed by atoms with Crippen molar-refractivity contribution in [2.75, 3.05) is 84.6 Å². The van der Waals surface area contributed by atoms with E-state index in [0.717, 1.165) is 78.9 Å². The van der Waals surface area contributed by atoms with E-state index in [1.807, 2.05) is 62.4 Å². The van der Waals surface area contributed by atoms with Crippen molar-refractivity contribution < 1.29 is 23.9 Å². The van der Waals surface area contributed by atoms with Gasteiger partial charge in [-0.3, -0.25) is 19.0 Å². The Hall–Kier alpha value is -5.44. The highest BCUT2D eigenvalue weighted by Gasteiger charge is 2.21. The molecule has 0 amide bonds. The fourth-order valence-electron chi connectivity index (χ4n) is 7.55. The number of likely N-dealkylation sites (N-methyl/N-ethyl adjacent to an activating group) is 2. The summed E-state index contributed by atoms with van der Waals surface area (Å²) in [5.41, 5.74) is 8.71. The second kappa shape index (κ2) is 23.3. The van der Waals surface area contributed by atoms with Crippen molar-refractivity contribution in [1.82, 2.24) is 29.5 Å². The number of carbonyl (C=O) groups excluding carboxylic acids is 3. The lowest BCUT2D eigenvalue weighted by Crippen LogP contribution is -2.28. The number of aldehydes is 1. The van der Waals surface area contributed by atoms with Crippen LogP contribution in [0.3, 0.4) is 0 Å². The van der Waals surface area contributed by atoms with Gasteiger partial charge in [-0.15, -0.1) is 0 Å². The molecule has 332 valence electrons. The second-order valence-electron chi connectivity index (χ2n) is 15.4. The van der Waals surface area contributed by atoms with Crippen LogP contribution in [0.5, 0.6) is 0 Å². The maximum atomic E-state index is 12.7. The normalized spacial score (nSPS) is 15.3. The molecule has 3 aromatic carbocycles. The molecule has 6 heterocycles. The summed E-state index contributed by atoms with van der Waals surface area (Å²) in [6.07, 6.45) is 4.17. The molecular formula is C48H56Cl2N8O5. The van der Waals surface area contributed by atoms with Gasteiger partial charge in [-0.1, -0.05) is 59.6 Å². The van der Waals surface area contributed by atoms with Crippen molar-refractivity contribution in [2.45, 2.75) is 39.5 Å². The van der Waals surface area contributed by atoms with Crippen LogP contribution in [0.25, 0.3) is 27.6 Å². The number of pyridine rings is 2. The molecule has 13 nitrogen and oxygen atoms in total. The molecule has 9 rings (SSSR count). The number of halogens is 2. The van der Waals surface area contributed by atoms with E-state index in [1.165, 1.54) is 49.4 Å². The molecule has 0 radical (unpaired) electrons. The number of nitrogens with zero attached hydrogens (tertiary/aromatic N) is 7. The van der Waals surface area contributed by atoms with Gasteiger partial charge in [0, 0.05) is 50.5 Å². The number of imidazole rings is 1. The van der Waals surface area contributed by atoms with Crippen LogP contribution in [0.1, 0.15) is 59.4 Å². The van der Waals surface area contributed by atoms with Crippen LogP contribution in [-0.4, -0.2) is 128 Å². The monoisotopic (exact) mass is 894 g/mol. The van der Waals surface area contributed by atoms with Crippen molar-refractivity contribution in [3.05, 3.63) is 112 Å². The van der Waals surface area contributed by atoms with E-state index in [-0.39, 0.29) is 22.2 Å². The largest absolute Gasteiger partial charge is 0.466 e. The molecule has 3 aromatic heterocycles. The quantitative estimate of drug-likeness (QED) is 0.0942. The number of rotatable bonds is 7. The Labute approximate surface area is 379 Å². The van der Waals surface area contributed by atoms with Crippen LogP contribution in [0.15, 0.2) is 89.9 Å². The molecule has 0 spiro atoms. The minimum absolute atomic E-state index is 0.141. The van der Waals surface area contributed by atoms with E-state index in [1.54, 1.807) is 0 Å². The molecule has 63 heavy (non-hydrogen) atoms. The molecule has 2 fully saturated rings. The highest BCUT2D eigenvalue weighted by molar-refractivity contribution is 6.33. The summed E-state index contributed by atoms with van der Waals surface area (Å²) in [5.74, 6) is -0.525. The second-order valence-corrected chi connectivity index (χ2v) is 16.2. The molecule has 0 atom stereocenters. The van der Waals surface area contributed by atoms with Crippen LogP contribution in [0.4, 0.5) is 11.4 Å². The first-order valence-electron chi connectivity index (χ1n) is 21.5. The van der Waals surface area contributed by atoms with E-state index in [2.05, 4.69) is 72.8 Å². The fraction of sp³-hybridized carbons (Fsp3) is 0.375. The summed E-state index contributed by atoms with van der Waals surface area (Å²) in [7, 11) is 4.36. The van der Waals surface area contributed by atoms with Gasteiger partial charge in [0.15, 0.2) is 11.9 Å². The van der Waals surface area contributed by atoms with Gasteiger partial charge in [-0.2, -0.15) is 0 Å². The lowest BCUT2D eigenvalue weighted by Gasteiger charge is -2.23. The predicted molar refractivity (Wildman–Crippen MR) is 254 cm³/mol. The maximum Gasteiger partial charge on any atom is 0.341 e. The summed E-state index contributed by atoms with van der Waals surface area (Å²) in [4.78, 5) is 54.1. The van der Waals surface area contributed by atoms with Gasteiger partial charge in [0.2, 0.25) is 0 Å². The van der Waals surface area contributed by atoms with Gasteiger partial charge in [0.25, 0.3) is 0 Å². The highest BCUT2D eigenvalue weighted by Crippen LogP contribution is 2.31. The van der Waals surface area contributed by atoms with Gasteiger partial charge in [-0.05, 0) is 120 Å². The topological polar surface area (TPSA) is 134 Å². The molecule has 15 heteroatoms. The molecule has 0 aliphatic carbocycles. The van der Waals surface area contributed by atoms with Crippen LogP contribution in [0, 0.1) is 0 Å². The van der Waals surface area contributed by atoms with E-state index in [9.17, 15) is 14.4 Å². The fourth-order valence-corrected chi connectivity index (χ4v) is 7.94. The molecular weight excluding hydrogens is 839 g/mol. The van der Waals surface area contributed by atoms with Crippen LogP contribution >= 0.6 is 23.2 Å². The van der Waals surface area contributed by atoms with Crippen molar-refractivity contribution in [3.8, 4) is 0 Å². The molecule has 6 aromatic rings. The first kappa shape index (κ1) is 47.0. The van der Waals surface area contributed by atoms with Crippen LogP contribution in [-0.2, 0) is 20.7 Å². The number of benzene rings is 3. The van der Waals surface area contributed by atoms with Crippen molar-refractivity contribution in [2.24, 2.45) is 4.99 Å². The Kier molecular flexibility index (Phi) is 17.4. The minimum atomic E-state index is -0.334. The summed E-state index contributed by atoms with van der Waals surface area (Å²) < 4.78 is 12.3. The third kappa shape index (κ3) is 12.8. The summed E-state index contributed by atoms with van der Waals surface area (Å²) >= 11 is 11.0. The molecule has 0 unspecified atom stereocenters. The number of hydrogen-bond acceptors (Lipinski definition) is 12. The minimum Gasteiger partial charge on any atom is -0.466 e. The van der Waals surface area contributed by atoms with E-state index in [0.29, 0.717) is 42.7 Å². The first-order valence-corrected chi connectivity index (χ1v) is 22.2. The summed E-state index contributed by atoms with van der Waals surface area (Å²) in [6, 6.07) is 27.4. The SMILES string of the molecule is CCOC(=O)CC1=Nc2ccccc2C1.CCOC(=O)c1cc2ccc(N3CCCN(C)CC3)cc2n2c1nc1ccccc12.CN1CCCNCC1.O=Cc1ccc(Cl)nc1Cl. The predicted octanol–water partition coefficient (Wildman–Crippen LogP) is 8.34. The first-order chi connectivity index (χ1) is 30.6. The smallest absolute Gasteiger partial charge is 0.341 e.